The lowest BCUT2D eigenvalue weighted by Gasteiger charge is -2.24. The van der Waals surface area contributed by atoms with E-state index in [0.717, 1.165) is 30.6 Å². The average molecular weight is 249 g/mol. The van der Waals surface area contributed by atoms with Crippen LogP contribution in [0.2, 0.25) is 0 Å². The van der Waals surface area contributed by atoms with Crippen molar-refractivity contribution in [2.24, 2.45) is 5.92 Å². The molecule has 1 saturated carbocycles. The van der Waals surface area contributed by atoms with Crippen molar-refractivity contribution in [2.75, 3.05) is 6.54 Å². The quantitative estimate of drug-likeness (QED) is 0.875. The van der Waals surface area contributed by atoms with Crippen molar-refractivity contribution < 1.29 is 4.52 Å². The fourth-order valence-electron chi connectivity index (χ4n) is 3.37. The second-order valence-corrected chi connectivity index (χ2v) is 6.29. The van der Waals surface area contributed by atoms with E-state index < -0.39 is 0 Å². The minimum atomic E-state index is -0.0917. The molecule has 4 heteroatoms. The van der Waals surface area contributed by atoms with Gasteiger partial charge in [0.05, 0.1) is 5.54 Å². The van der Waals surface area contributed by atoms with Gasteiger partial charge in [0, 0.05) is 5.92 Å². The van der Waals surface area contributed by atoms with Gasteiger partial charge >= 0.3 is 0 Å². The largest absolute Gasteiger partial charge is 0.337 e. The van der Waals surface area contributed by atoms with Crippen LogP contribution in [0.5, 0.6) is 0 Å². The number of hydrogen-bond acceptors (Lipinski definition) is 4. The Bertz CT molecular complexity index is 409. The van der Waals surface area contributed by atoms with Crippen LogP contribution in [0.15, 0.2) is 4.52 Å². The van der Waals surface area contributed by atoms with Gasteiger partial charge in [-0.2, -0.15) is 4.98 Å². The highest BCUT2D eigenvalue weighted by Gasteiger charge is 2.36. The second kappa shape index (κ2) is 4.65. The van der Waals surface area contributed by atoms with E-state index in [9.17, 15) is 0 Å². The summed E-state index contributed by atoms with van der Waals surface area (Å²) >= 11 is 0. The van der Waals surface area contributed by atoms with E-state index in [1.54, 1.807) is 0 Å². The molecule has 2 fully saturated rings. The summed E-state index contributed by atoms with van der Waals surface area (Å²) in [6.07, 6.45) is 7.35. The van der Waals surface area contributed by atoms with Crippen molar-refractivity contribution >= 4 is 0 Å². The monoisotopic (exact) mass is 249 g/mol. The molecule has 4 nitrogen and oxygen atoms in total. The molecule has 2 heterocycles. The van der Waals surface area contributed by atoms with Gasteiger partial charge in [-0.1, -0.05) is 24.9 Å². The average Bonchev–Trinajstić information content (AvgIpc) is 2.98. The van der Waals surface area contributed by atoms with Gasteiger partial charge in [-0.25, -0.2) is 0 Å². The first-order valence-electron chi connectivity index (χ1n) is 7.26. The van der Waals surface area contributed by atoms with Gasteiger partial charge in [-0.15, -0.1) is 0 Å². The lowest BCUT2D eigenvalue weighted by molar-refractivity contribution is 0.270. The second-order valence-electron chi connectivity index (χ2n) is 6.29. The molecule has 1 saturated heterocycles. The van der Waals surface area contributed by atoms with Crippen LogP contribution in [-0.2, 0) is 5.54 Å². The van der Waals surface area contributed by atoms with Crippen LogP contribution in [0.4, 0.5) is 0 Å². The highest BCUT2D eigenvalue weighted by Crippen LogP contribution is 2.36. The van der Waals surface area contributed by atoms with E-state index in [2.05, 4.69) is 29.3 Å². The Balaban J connectivity index is 1.76. The Morgan fingerprint density at radius 2 is 2.22 bits per heavy atom. The van der Waals surface area contributed by atoms with Gasteiger partial charge < -0.3 is 9.84 Å². The van der Waals surface area contributed by atoms with E-state index in [-0.39, 0.29) is 5.54 Å². The SMILES string of the molecule is CC1CCCC(c2noc(C3(C)CCCN3)n2)C1. The maximum atomic E-state index is 5.52. The standard InChI is InChI=1S/C14H23N3O/c1-10-5-3-6-11(9-10)12-16-13(18-17-12)14(2)7-4-8-15-14/h10-11,15H,3-9H2,1-2H3. The summed E-state index contributed by atoms with van der Waals surface area (Å²) in [5.74, 6) is 3.03. The summed E-state index contributed by atoms with van der Waals surface area (Å²) < 4.78 is 5.52. The summed E-state index contributed by atoms with van der Waals surface area (Å²) in [5, 5.41) is 7.72. The molecule has 0 bridgehead atoms. The molecule has 1 aliphatic carbocycles. The molecular weight excluding hydrogens is 226 g/mol. The summed E-state index contributed by atoms with van der Waals surface area (Å²) in [5.41, 5.74) is -0.0917. The number of aromatic nitrogens is 2. The smallest absolute Gasteiger partial charge is 0.246 e. The third-order valence-electron chi connectivity index (χ3n) is 4.58. The molecule has 1 aromatic heterocycles. The Hall–Kier alpha value is -0.900. The minimum absolute atomic E-state index is 0.0917. The van der Waals surface area contributed by atoms with Crippen molar-refractivity contribution in [3.8, 4) is 0 Å². The van der Waals surface area contributed by atoms with E-state index in [1.807, 2.05) is 0 Å². The molecule has 0 amide bonds. The normalized spacial score (nSPS) is 37.0. The Labute approximate surface area is 109 Å². The molecule has 1 N–H and O–H groups in total. The van der Waals surface area contributed by atoms with Crippen LogP contribution in [0.3, 0.4) is 0 Å². The molecule has 0 spiro atoms. The molecule has 3 unspecified atom stereocenters. The van der Waals surface area contributed by atoms with Crippen LogP contribution in [0, 0.1) is 5.92 Å². The Morgan fingerprint density at radius 1 is 1.33 bits per heavy atom. The summed E-state index contributed by atoms with van der Waals surface area (Å²) in [6.45, 7) is 5.54. The topological polar surface area (TPSA) is 51.0 Å². The molecule has 100 valence electrons. The molecule has 3 atom stereocenters. The van der Waals surface area contributed by atoms with Gasteiger partial charge in [0.1, 0.15) is 0 Å². The summed E-state index contributed by atoms with van der Waals surface area (Å²) in [6, 6.07) is 0. The van der Waals surface area contributed by atoms with Crippen molar-refractivity contribution in [1.82, 2.24) is 15.5 Å². The first-order valence-corrected chi connectivity index (χ1v) is 7.26. The summed E-state index contributed by atoms with van der Waals surface area (Å²) in [4.78, 5) is 4.68. The molecule has 2 aliphatic rings. The maximum absolute atomic E-state index is 5.52. The first kappa shape index (κ1) is 12.2. The molecule has 0 aromatic carbocycles. The van der Waals surface area contributed by atoms with Gasteiger partial charge in [-0.3, -0.25) is 0 Å². The van der Waals surface area contributed by atoms with Crippen LogP contribution in [0.25, 0.3) is 0 Å². The van der Waals surface area contributed by atoms with Gasteiger partial charge in [0.2, 0.25) is 5.89 Å². The number of rotatable bonds is 2. The van der Waals surface area contributed by atoms with Crippen molar-refractivity contribution in [1.29, 1.82) is 0 Å². The Morgan fingerprint density at radius 3 is 2.94 bits per heavy atom. The van der Waals surface area contributed by atoms with Crippen molar-refractivity contribution in [3.05, 3.63) is 11.7 Å². The Kier molecular flexibility index (Phi) is 3.14. The van der Waals surface area contributed by atoms with Crippen LogP contribution in [0.1, 0.15) is 70.0 Å². The van der Waals surface area contributed by atoms with Crippen LogP contribution >= 0.6 is 0 Å². The van der Waals surface area contributed by atoms with Crippen LogP contribution in [-0.4, -0.2) is 16.7 Å². The van der Waals surface area contributed by atoms with E-state index >= 15 is 0 Å². The fraction of sp³-hybridized carbons (Fsp3) is 0.857. The van der Waals surface area contributed by atoms with E-state index in [0.29, 0.717) is 5.92 Å². The van der Waals surface area contributed by atoms with E-state index in [1.165, 1.54) is 32.1 Å². The maximum Gasteiger partial charge on any atom is 0.246 e. The highest BCUT2D eigenvalue weighted by atomic mass is 16.5. The zero-order valence-corrected chi connectivity index (χ0v) is 11.4. The molecule has 1 aliphatic heterocycles. The zero-order valence-electron chi connectivity index (χ0n) is 11.4. The predicted molar refractivity (Wildman–Crippen MR) is 69.3 cm³/mol. The van der Waals surface area contributed by atoms with Crippen molar-refractivity contribution in [3.63, 3.8) is 0 Å². The zero-order chi connectivity index (χ0) is 12.6. The predicted octanol–water partition coefficient (Wildman–Crippen LogP) is 2.96. The van der Waals surface area contributed by atoms with Crippen molar-refractivity contribution in [2.45, 2.75) is 63.8 Å². The third-order valence-corrected chi connectivity index (χ3v) is 4.58. The summed E-state index contributed by atoms with van der Waals surface area (Å²) in [7, 11) is 0. The highest BCUT2D eigenvalue weighted by molar-refractivity contribution is 5.07. The number of nitrogens with one attached hydrogen (secondary N) is 1. The van der Waals surface area contributed by atoms with Gasteiger partial charge in [0.25, 0.3) is 0 Å². The molecule has 3 rings (SSSR count). The fourth-order valence-corrected chi connectivity index (χ4v) is 3.37. The molecule has 18 heavy (non-hydrogen) atoms. The number of hydrogen-bond donors (Lipinski definition) is 1. The van der Waals surface area contributed by atoms with E-state index in [4.69, 9.17) is 4.52 Å². The number of nitrogens with zero attached hydrogens (tertiary/aromatic N) is 2. The minimum Gasteiger partial charge on any atom is -0.337 e. The third kappa shape index (κ3) is 2.18. The van der Waals surface area contributed by atoms with Crippen LogP contribution < -0.4 is 5.32 Å². The first-order chi connectivity index (χ1) is 8.67. The lowest BCUT2D eigenvalue weighted by Crippen LogP contribution is -2.33. The molecule has 1 aromatic rings. The lowest BCUT2D eigenvalue weighted by atomic mass is 9.82. The van der Waals surface area contributed by atoms with Gasteiger partial charge in [-0.05, 0) is 45.1 Å². The van der Waals surface area contributed by atoms with Gasteiger partial charge in [0.15, 0.2) is 5.82 Å². The molecule has 0 radical (unpaired) electrons. The molecular formula is C14H23N3O.